The molecule has 0 aliphatic rings. The summed E-state index contributed by atoms with van der Waals surface area (Å²) in [5.41, 5.74) is 1.78. The lowest BCUT2D eigenvalue weighted by molar-refractivity contribution is 0.0946. The zero-order valence-electron chi connectivity index (χ0n) is 13.8. The molecule has 9 nitrogen and oxygen atoms in total. The second kappa shape index (κ2) is 6.63. The molecular weight excluding hydrogens is 336 g/mol. The molecule has 130 valence electrons. The van der Waals surface area contributed by atoms with Gasteiger partial charge in [-0.05, 0) is 31.2 Å². The minimum Gasteiger partial charge on any atom is -0.361 e. The number of nitrogens with one attached hydrogen (secondary N) is 1. The van der Waals surface area contributed by atoms with Crippen molar-refractivity contribution < 1.29 is 13.8 Å². The molecule has 0 aliphatic heterocycles. The Morgan fingerprint density at radius 3 is 2.88 bits per heavy atom. The average Bonchev–Trinajstić information content (AvgIpc) is 3.41. The number of hydrogen-bond donors (Lipinski definition) is 1. The zero-order chi connectivity index (χ0) is 17.9. The van der Waals surface area contributed by atoms with Crippen molar-refractivity contribution in [2.75, 3.05) is 0 Å². The number of aryl methyl sites for hydroxylation is 1. The molecule has 3 heterocycles. The molecule has 0 spiro atoms. The minimum atomic E-state index is -0.254. The molecule has 0 aliphatic carbocycles. The molecular formula is C17H14N6O3. The van der Waals surface area contributed by atoms with Gasteiger partial charge in [0, 0.05) is 24.0 Å². The van der Waals surface area contributed by atoms with Crippen molar-refractivity contribution in [1.82, 2.24) is 30.4 Å². The molecule has 1 N–H and O–H groups in total. The standard InChI is InChI=1S/C17H14N6O3/c1-11-8-14(21-25-11)16-20-15(26-22-16)10-18-17(24)12-4-2-5-13(9-12)23-7-3-6-19-23/h2-9H,10H2,1H3,(H,18,24). The van der Waals surface area contributed by atoms with Crippen LogP contribution in [-0.4, -0.2) is 31.0 Å². The number of hydrogen-bond acceptors (Lipinski definition) is 7. The second-order valence-corrected chi connectivity index (χ2v) is 5.52. The smallest absolute Gasteiger partial charge is 0.251 e. The fraction of sp³-hybridized carbons (Fsp3) is 0.118. The first-order valence-corrected chi connectivity index (χ1v) is 7.83. The van der Waals surface area contributed by atoms with E-state index in [0.717, 1.165) is 5.69 Å². The zero-order valence-corrected chi connectivity index (χ0v) is 13.8. The van der Waals surface area contributed by atoms with Crippen molar-refractivity contribution in [2.24, 2.45) is 0 Å². The Morgan fingerprint density at radius 1 is 1.19 bits per heavy atom. The summed E-state index contributed by atoms with van der Waals surface area (Å²) >= 11 is 0. The first-order valence-electron chi connectivity index (χ1n) is 7.83. The Bertz CT molecular complexity index is 1030. The normalized spacial score (nSPS) is 10.8. The molecule has 0 bridgehead atoms. The summed E-state index contributed by atoms with van der Waals surface area (Å²) in [5, 5.41) is 14.5. The van der Waals surface area contributed by atoms with Gasteiger partial charge >= 0.3 is 0 Å². The highest BCUT2D eigenvalue weighted by Crippen LogP contribution is 2.15. The Hall–Kier alpha value is -3.75. The lowest BCUT2D eigenvalue weighted by Gasteiger charge is -2.05. The van der Waals surface area contributed by atoms with Gasteiger partial charge < -0.3 is 14.4 Å². The predicted molar refractivity (Wildman–Crippen MR) is 89.3 cm³/mol. The van der Waals surface area contributed by atoms with Gasteiger partial charge in [-0.25, -0.2) is 4.68 Å². The second-order valence-electron chi connectivity index (χ2n) is 5.52. The molecule has 4 aromatic rings. The summed E-state index contributed by atoms with van der Waals surface area (Å²) in [6.07, 6.45) is 3.48. The lowest BCUT2D eigenvalue weighted by atomic mass is 10.2. The van der Waals surface area contributed by atoms with E-state index in [1.54, 1.807) is 42.1 Å². The van der Waals surface area contributed by atoms with E-state index >= 15 is 0 Å². The van der Waals surface area contributed by atoms with Gasteiger partial charge in [0.2, 0.25) is 11.7 Å². The van der Waals surface area contributed by atoms with Crippen molar-refractivity contribution in [3.05, 3.63) is 66.0 Å². The van der Waals surface area contributed by atoms with Crippen LogP contribution in [-0.2, 0) is 6.54 Å². The van der Waals surface area contributed by atoms with E-state index in [4.69, 9.17) is 9.05 Å². The van der Waals surface area contributed by atoms with E-state index < -0.39 is 0 Å². The van der Waals surface area contributed by atoms with Crippen molar-refractivity contribution >= 4 is 5.91 Å². The number of amides is 1. The van der Waals surface area contributed by atoms with Crippen LogP contribution in [0.2, 0.25) is 0 Å². The molecule has 1 amide bonds. The fourth-order valence-electron chi connectivity index (χ4n) is 2.37. The SMILES string of the molecule is Cc1cc(-c2noc(CNC(=O)c3cccc(-n4cccn4)c3)n2)no1. The van der Waals surface area contributed by atoms with E-state index in [0.29, 0.717) is 22.8 Å². The maximum atomic E-state index is 12.4. The molecule has 3 aromatic heterocycles. The number of aromatic nitrogens is 5. The van der Waals surface area contributed by atoms with Gasteiger partial charge in [0.25, 0.3) is 5.91 Å². The van der Waals surface area contributed by atoms with Gasteiger partial charge in [0.15, 0.2) is 5.69 Å². The Kier molecular flexibility index (Phi) is 4.02. The van der Waals surface area contributed by atoms with Gasteiger partial charge in [-0.3, -0.25) is 4.79 Å². The highest BCUT2D eigenvalue weighted by Gasteiger charge is 2.14. The third-order valence-corrected chi connectivity index (χ3v) is 3.60. The largest absolute Gasteiger partial charge is 0.361 e. The lowest BCUT2D eigenvalue weighted by Crippen LogP contribution is -2.23. The number of carbonyl (C=O) groups excluding carboxylic acids is 1. The van der Waals surface area contributed by atoms with Crippen LogP contribution in [0.5, 0.6) is 0 Å². The third kappa shape index (κ3) is 3.22. The van der Waals surface area contributed by atoms with Crippen LogP contribution in [0.4, 0.5) is 0 Å². The Labute approximate surface area is 147 Å². The van der Waals surface area contributed by atoms with Crippen LogP contribution in [0.15, 0.2) is 57.8 Å². The minimum absolute atomic E-state index is 0.106. The summed E-state index contributed by atoms with van der Waals surface area (Å²) in [6, 6.07) is 10.7. The van der Waals surface area contributed by atoms with Gasteiger partial charge in [-0.2, -0.15) is 10.1 Å². The molecule has 1 aromatic carbocycles. The summed E-state index contributed by atoms with van der Waals surface area (Å²) in [5.74, 6) is 0.983. The number of nitrogens with zero attached hydrogens (tertiary/aromatic N) is 5. The first-order chi connectivity index (χ1) is 12.7. The highest BCUT2D eigenvalue weighted by molar-refractivity contribution is 5.94. The fourth-order valence-corrected chi connectivity index (χ4v) is 2.37. The molecule has 26 heavy (non-hydrogen) atoms. The maximum Gasteiger partial charge on any atom is 0.251 e. The molecule has 0 unspecified atom stereocenters. The van der Waals surface area contributed by atoms with Crippen molar-refractivity contribution in [2.45, 2.75) is 13.5 Å². The van der Waals surface area contributed by atoms with E-state index in [1.807, 2.05) is 18.3 Å². The predicted octanol–water partition coefficient (Wildman–Crippen LogP) is 2.15. The van der Waals surface area contributed by atoms with Gasteiger partial charge in [0.05, 0.1) is 12.2 Å². The van der Waals surface area contributed by atoms with E-state index in [1.165, 1.54) is 0 Å². The average molecular weight is 350 g/mol. The summed E-state index contributed by atoms with van der Waals surface area (Å²) in [4.78, 5) is 16.6. The number of rotatable bonds is 5. The quantitative estimate of drug-likeness (QED) is 0.587. The summed E-state index contributed by atoms with van der Waals surface area (Å²) < 4.78 is 11.8. The van der Waals surface area contributed by atoms with Crippen LogP contribution in [0, 0.1) is 6.92 Å². The number of benzene rings is 1. The van der Waals surface area contributed by atoms with Crippen LogP contribution in [0.25, 0.3) is 17.2 Å². The molecule has 0 saturated carbocycles. The Balaban J connectivity index is 1.43. The monoisotopic (exact) mass is 350 g/mol. The van der Waals surface area contributed by atoms with Gasteiger partial charge in [0.1, 0.15) is 5.76 Å². The van der Waals surface area contributed by atoms with E-state index in [9.17, 15) is 4.79 Å². The van der Waals surface area contributed by atoms with Gasteiger partial charge in [-0.15, -0.1) is 0 Å². The van der Waals surface area contributed by atoms with Crippen LogP contribution >= 0.6 is 0 Å². The summed E-state index contributed by atoms with van der Waals surface area (Å²) in [7, 11) is 0. The van der Waals surface area contributed by atoms with Crippen LogP contribution < -0.4 is 5.32 Å². The van der Waals surface area contributed by atoms with Crippen LogP contribution in [0.3, 0.4) is 0 Å². The van der Waals surface area contributed by atoms with Gasteiger partial charge in [-0.1, -0.05) is 16.4 Å². The molecule has 0 saturated heterocycles. The first kappa shape index (κ1) is 15.8. The van der Waals surface area contributed by atoms with Crippen molar-refractivity contribution in [1.29, 1.82) is 0 Å². The molecule has 0 fully saturated rings. The van der Waals surface area contributed by atoms with Crippen LogP contribution in [0.1, 0.15) is 22.0 Å². The third-order valence-electron chi connectivity index (χ3n) is 3.60. The molecule has 0 radical (unpaired) electrons. The maximum absolute atomic E-state index is 12.4. The topological polar surface area (TPSA) is 112 Å². The highest BCUT2D eigenvalue weighted by atomic mass is 16.5. The molecule has 0 atom stereocenters. The van der Waals surface area contributed by atoms with Crippen molar-refractivity contribution in [3.63, 3.8) is 0 Å². The molecule has 4 rings (SSSR count). The van der Waals surface area contributed by atoms with Crippen molar-refractivity contribution in [3.8, 4) is 17.2 Å². The number of carbonyl (C=O) groups is 1. The van der Waals surface area contributed by atoms with E-state index in [2.05, 4.69) is 25.7 Å². The van der Waals surface area contributed by atoms with E-state index in [-0.39, 0.29) is 18.3 Å². The Morgan fingerprint density at radius 2 is 2.12 bits per heavy atom. The molecule has 9 heteroatoms. The summed E-state index contributed by atoms with van der Waals surface area (Å²) in [6.45, 7) is 1.88.